The maximum absolute atomic E-state index is 12.4. The quantitative estimate of drug-likeness (QED) is 0.357. The summed E-state index contributed by atoms with van der Waals surface area (Å²) in [4.78, 5) is 12.4. The summed E-state index contributed by atoms with van der Waals surface area (Å²) in [5, 5.41) is 12.3. The molecule has 0 atom stereocenters. The van der Waals surface area contributed by atoms with Crippen LogP contribution in [0.4, 0.5) is 5.69 Å². The first kappa shape index (κ1) is 21.4. The number of amides is 1. The van der Waals surface area contributed by atoms with Crippen LogP contribution in [0.2, 0.25) is 5.02 Å². The topological polar surface area (TPSA) is 71.3 Å². The van der Waals surface area contributed by atoms with Crippen molar-refractivity contribution in [3.05, 3.63) is 57.0 Å². The maximum Gasteiger partial charge on any atom is 0.266 e. The molecule has 0 saturated carbocycles. The summed E-state index contributed by atoms with van der Waals surface area (Å²) in [5.74, 6) is 2.52. The van der Waals surface area contributed by atoms with E-state index in [1.807, 2.05) is 19.1 Å². The van der Waals surface area contributed by atoms with Crippen molar-refractivity contribution in [3.63, 3.8) is 0 Å². The van der Waals surface area contributed by atoms with E-state index < -0.39 is 5.91 Å². The molecule has 0 saturated heterocycles. The van der Waals surface area contributed by atoms with Gasteiger partial charge < -0.3 is 14.8 Å². The number of hydrogen-bond donors (Lipinski definition) is 1. The second-order valence-electron chi connectivity index (χ2n) is 5.39. The average molecular weight is 460 g/mol. The van der Waals surface area contributed by atoms with Gasteiger partial charge in [0.1, 0.15) is 18.2 Å². The number of benzene rings is 2. The van der Waals surface area contributed by atoms with E-state index in [9.17, 15) is 10.1 Å². The van der Waals surface area contributed by atoms with Crippen LogP contribution in [-0.2, 0) is 4.79 Å². The molecule has 0 spiro atoms. The van der Waals surface area contributed by atoms with Crippen molar-refractivity contribution in [2.75, 3.05) is 18.5 Å². The number of halogens is 2. The summed E-state index contributed by atoms with van der Waals surface area (Å²) in [5.41, 5.74) is 0.991. The summed E-state index contributed by atoms with van der Waals surface area (Å²) in [7, 11) is 0. The van der Waals surface area contributed by atoms with Crippen molar-refractivity contribution in [2.24, 2.45) is 0 Å². The number of terminal acetylenes is 1. The molecule has 0 aliphatic heterocycles. The number of nitrogens with one attached hydrogen (secondary N) is 1. The molecule has 28 heavy (non-hydrogen) atoms. The third-order valence-electron chi connectivity index (χ3n) is 3.39. The molecular weight excluding hydrogens is 444 g/mol. The van der Waals surface area contributed by atoms with E-state index in [1.165, 1.54) is 6.08 Å². The molecule has 0 bridgehead atoms. The molecule has 0 unspecified atom stereocenters. The minimum Gasteiger partial charge on any atom is -0.490 e. The summed E-state index contributed by atoms with van der Waals surface area (Å²) < 4.78 is 11.8. The molecule has 5 nitrogen and oxygen atoms in total. The SMILES string of the molecule is C#CCOc1c(Cl)cc(/C=C(/C#N)C(=O)Nc2cccc(Br)c2)cc1OCC. The third-order valence-corrected chi connectivity index (χ3v) is 4.16. The normalized spacial score (nSPS) is 10.5. The van der Waals surface area contributed by atoms with E-state index in [1.54, 1.807) is 30.3 Å². The molecule has 2 aromatic rings. The van der Waals surface area contributed by atoms with Crippen LogP contribution in [0.25, 0.3) is 6.08 Å². The van der Waals surface area contributed by atoms with Gasteiger partial charge in [-0.25, -0.2) is 0 Å². The van der Waals surface area contributed by atoms with Gasteiger partial charge in [-0.15, -0.1) is 6.42 Å². The van der Waals surface area contributed by atoms with Gasteiger partial charge in [0.2, 0.25) is 0 Å². The fraction of sp³-hybridized carbons (Fsp3) is 0.143. The highest BCUT2D eigenvalue weighted by Gasteiger charge is 2.14. The van der Waals surface area contributed by atoms with Crippen LogP contribution in [-0.4, -0.2) is 19.1 Å². The number of nitrogens with zero attached hydrogens (tertiary/aromatic N) is 1. The van der Waals surface area contributed by atoms with Crippen LogP contribution in [0, 0.1) is 23.7 Å². The Morgan fingerprint density at radius 3 is 2.79 bits per heavy atom. The smallest absolute Gasteiger partial charge is 0.266 e. The fourth-order valence-corrected chi connectivity index (χ4v) is 2.94. The zero-order valence-corrected chi connectivity index (χ0v) is 17.3. The number of rotatable bonds is 7. The van der Waals surface area contributed by atoms with Gasteiger partial charge in [0.15, 0.2) is 11.5 Å². The van der Waals surface area contributed by atoms with E-state index in [4.69, 9.17) is 27.5 Å². The number of hydrogen-bond acceptors (Lipinski definition) is 4. The third kappa shape index (κ3) is 5.79. The first-order chi connectivity index (χ1) is 13.5. The van der Waals surface area contributed by atoms with Crippen molar-refractivity contribution in [2.45, 2.75) is 6.92 Å². The molecule has 142 valence electrons. The Labute approximate surface area is 177 Å². The van der Waals surface area contributed by atoms with Crippen LogP contribution < -0.4 is 14.8 Å². The summed E-state index contributed by atoms with van der Waals surface area (Å²) in [6.45, 7) is 2.23. The van der Waals surface area contributed by atoms with Crippen molar-refractivity contribution in [1.29, 1.82) is 5.26 Å². The van der Waals surface area contributed by atoms with E-state index >= 15 is 0 Å². The average Bonchev–Trinajstić information content (AvgIpc) is 2.65. The fourth-order valence-electron chi connectivity index (χ4n) is 2.27. The van der Waals surface area contributed by atoms with Crippen LogP contribution in [0.15, 0.2) is 46.4 Å². The van der Waals surface area contributed by atoms with Crippen molar-refractivity contribution >= 4 is 45.2 Å². The molecule has 1 amide bonds. The summed E-state index contributed by atoms with van der Waals surface area (Å²) in [6, 6.07) is 12.2. The molecule has 0 aliphatic carbocycles. The Balaban J connectivity index is 2.33. The monoisotopic (exact) mass is 458 g/mol. The van der Waals surface area contributed by atoms with Crippen LogP contribution in [0.1, 0.15) is 12.5 Å². The Morgan fingerprint density at radius 2 is 2.14 bits per heavy atom. The lowest BCUT2D eigenvalue weighted by Crippen LogP contribution is -2.13. The Hall–Kier alpha value is -2.93. The van der Waals surface area contributed by atoms with Gasteiger partial charge in [-0.1, -0.05) is 39.5 Å². The largest absolute Gasteiger partial charge is 0.490 e. The van der Waals surface area contributed by atoms with Crippen molar-refractivity contribution < 1.29 is 14.3 Å². The molecule has 0 fully saturated rings. The summed E-state index contributed by atoms with van der Waals surface area (Å²) >= 11 is 9.60. The van der Waals surface area contributed by atoms with Crippen LogP contribution in [0.3, 0.4) is 0 Å². The van der Waals surface area contributed by atoms with Crippen molar-refractivity contribution in [1.82, 2.24) is 0 Å². The highest BCUT2D eigenvalue weighted by atomic mass is 79.9. The zero-order valence-electron chi connectivity index (χ0n) is 15.0. The predicted molar refractivity (Wildman–Crippen MR) is 113 cm³/mol. The van der Waals surface area contributed by atoms with E-state index in [-0.39, 0.29) is 17.2 Å². The van der Waals surface area contributed by atoms with Gasteiger partial charge in [0, 0.05) is 10.2 Å². The zero-order chi connectivity index (χ0) is 20.5. The lowest BCUT2D eigenvalue weighted by atomic mass is 10.1. The van der Waals surface area contributed by atoms with Gasteiger partial charge in [0.05, 0.1) is 11.6 Å². The van der Waals surface area contributed by atoms with Gasteiger partial charge in [-0.3, -0.25) is 4.79 Å². The molecule has 0 heterocycles. The maximum atomic E-state index is 12.4. The first-order valence-corrected chi connectivity index (χ1v) is 9.37. The lowest BCUT2D eigenvalue weighted by Gasteiger charge is -2.13. The van der Waals surface area contributed by atoms with Crippen LogP contribution >= 0.6 is 27.5 Å². The van der Waals surface area contributed by atoms with Crippen LogP contribution in [0.5, 0.6) is 11.5 Å². The second-order valence-corrected chi connectivity index (χ2v) is 6.71. The lowest BCUT2D eigenvalue weighted by molar-refractivity contribution is -0.112. The molecule has 1 N–H and O–H groups in total. The van der Waals surface area contributed by atoms with E-state index in [0.29, 0.717) is 29.4 Å². The standard InChI is InChI=1S/C21H16BrClN2O3/c1-3-8-28-20-18(23)10-14(11-19(20)27-4-2)9-15(13-24)21(26)25-17-7-5-6-16(22)12-17/h1,5-7,9-12H,4,8H2,2H3,(H,25,26)/b15-9-. The summed E-state index contributed by atoms with van der Waals surface area (Å²) in [6.07, 6.45) is 6.64. The number of ether oxygens (including phenoxy) is 2. The number of carbonyl (C=O) groups is 1. The Morgan fingerprint density at radius 1 is 1.36 bits per heavy atom. The molecule has 0 aromatic heterocycles. The molecule has 2 aromatic carbocycles. The highest BCUT2D eigenvalue weighted by molar-refractivity contribution is 9.10. The molecule has 2 rings (SSSR count). The van der Waals surface area contributed by atoms with E-state index in [0.717, 1.165) is 4.47 Å². The van der Waals surface area contributed by atoms with Crippen molar-refractivity contribution in [3.8, 4) is 29.9 Å². The predicted octanol–water partition coefficient (Wildman–Crippen LogP) is 5.06. The molecule has 0 radical (unpaired) electrons. The number of nitriles is 1. The number of anilines is 1. The Kier molecular flexibility index (Phi) is 7.95. The molecular formula is C21H16BrClN2O3. The minimum absolute atomic E-state index is 0.0352. The minimum atomic E-state index is -0.539. The first-order valence-electron chi connectivity index (χ1n) is 8.19. The van der Waals surface area contributed by atoms with Gasteiger partial charge >= 0.3 is 0 Å². The molecule has 0 aliphatic rings. The highest BCUT2D eigenvalue weighted by Crippen LogP contribution is 2.37. The van der Waals surface area contributed by atoms with Gasteiger partial charge in [-0.05, 0) is 48.9 Å². The van der Waals surface area contributed by atoms with Gasteiger partial charge in [0.25, 0.3) is 5.91 Å². The molecule has 7 heteroatoms. The van der Waals surface area contributed by atoms with E-state index in [2.05, 4.69) is 27.2 Å². The van der Waals surface area contributed by atoms with Gasteiger partial charge in [-0.2, -0.15) is 5.26 Å². The Bertz CT molecular complexity index is 990. The second kappa shape index (κ2) is 10.4. The number of carbonyl (C=O) groups excluding carboxylic acids is 1.